The molecule has 4 N–H and O–H groups in total. The first-order valence-electron chi connectivity index (χ1n) is 11.7. The highest BCUT2D eigenvalue weighted by atomic mass is 35.5. The summed E-state index contributed by atoms with van der Waals surface area (Å²) in [6, 6.07) is 8.16. The lowest BCUT2D eigenvalue weighted by atomic mass is 9.80. The Morgan fingerprint density at radius 2 is 2.00 bits per heavy atom. The van der Waals surface area contributed by atoms with Crippen molar-refractivity contribution in [2.24, 2.45) is 0 Å². The molecule has 4 rings (SSSR count). The molecular weight excluding hydrogens is 489 g/mol. The number of aliphatic carboxylic acids is 1. The minimum Gasteiger partial charge on any atom is -0.493 e. The minimum absolute atomic E-state index is 0.000708. The molecule has 0 unspecified atom stereocenters. The highest BCUT2D eigenvalue weighted by Gasteiger charge is 2.42. The largest absolute Gasteiger partial charge is 0.493 e. The van der Waals surface area contributed by atoms with E-state index in [-0.39, 0.29) is 16.8 Å². The predicted molar refractivity (Wildman–Crippen MR) is 136 cm³/mol. The van der Waals surface area contributed by atoms with Crippen LogP contribution in [0.2, 0.25) is 5.02 Å². The van der Waals surface area contributed by atoms with E-state index in [1.807, 2.05) is 7.05 Å². The SMILES string of the molecule is CNCCNC1(C(=O)O)CCC(Oc2cc3c(Nc4cccc(Cl)c4F)ncnc3cc2OC)CC1. The van der Waals surface area contributed by atoms with E-state index in [0.717, 1.165) is 0 Å². The normalized spacial score (nSPS) is 19.7. The van der Waals surface area contributed by atoms with E-state index in [1.165, 1.54) is 19.5 Å². The van der Waals surface area contributed by atoms with Crippen LogP contribution in [0.3, 0.4) is 0 Å². The van der Waals surface area contributed by atoms with Crippen molar-refractivity contribution in [3.05, 3.63) is 47.5 Å². The lowest BCUT2D eigenvalue weighted by Crippen LogP contribution is -2.56. The zero-order chi connectivity index (χ0) is 25.7. The fraction of sp³-hybridized carbons (Fsp3) is 0.400. The topological polar surface area (TPSA) is 118 Å². The Morgan fingerprint density at radius 1 is 1.22 bits per heavy atom. The van der Waals surface area contributed by atoms with Gasteiger partial charge in [-0.3, -0.25) is 4.79 Å². The molecule has 1 fully saturated rings. The van der Waals surface area contributed by atoms with Gasteiger partial charge in [0.1, 0.15) is 17.7 Å². The molecule has 0 aliphatic heterocycles. The number of hydrogen-bond donors (Lipinski definition) is 4. The van der Waals surface area contributed by atoms with E-state index < -0.39 is 17.3 Å². The number of carboxylic acid groups (broad SMARTS) is 1. The van der Waals surface area contributed by atoms with Gasteiger partial charge in [0.15, 0.2) is 17.3 Å². The number of hydrogen-bond acceptors (Lipinski definition) is 8. The van der Waals surface area contributed by atoms with E-state index in [9.17, 15) is 14.3 Å². The van der Waals surface area contributed by atoms with Crippen LogP contribution in [0.25, 0.3) is 10.9 Å². The Kier molecular flexibility index (Phi) is 8.07. The highest BCUT2D eigenvalue weighted by molar-refractivity contribution is 6.31. The van der Waals surface area contributed by atoms with Gasteiger partial charge in [-0.1, -0.05) is 17.7 Å². The summed E-state index contributed by atoms with van der Waals surface area (Å²) in [4.78, 5) is 20.6. The molecule has 2 aromatic carbocycles. The maximum Gasteiger partial charge on any atom is 0.323 e. The fourth-order valence-corrected chi connectivity index (χ4v) is 4.59. The summed E-state index contributed by atoms with van der Waals surface area (Å²) in [5.41, 5.74) is -0.193. The van der Waals surface area contributed by atoms with Gasteiger partial charge in [-0.25, -0.2) is 14.4 Å². The smallest absolute Gasteiger partial charge is 0.323 e. The maximum absolute atomic E-state index is 14.5. The summed E-state index contributed by atoms with van der Waals surface area (Å²) in [5.74, 6) is -0.0746. The lowest BCUT2D eigenvalue weighted by Gasteiger charge is -2.37. The number of anilines is 2. The van der Waals surface area contributed by atoms with Gasteiger partial charge >= 0.3 is 5.97 Å². The van der Waals surface area contributed by atoms with Gasteiger partial charge in [-0.2, -0.15) is 0 Å². The van der Waals surface area contributed by atoms with Crippen molar-refractivity contribution >= 4 is 40.0 Å². The maximum atomic E-state index is 14.5. The molecule has 1 aliphatic rings. The average Bonchev–Trinajstić information content (AvgIpc) is 2.88. The van der Waals surface area contributed by atoms with Crippen molar-refractivity contribution in [1.82, 2.24) is 20.6 Å². The number of methoxy groups -OCH3 is 1. The van der Waals surface area contributed by atoms with Gasteiger partial charge in [0.2, 0.25) is 0 Å². The van der Waals surface area contributed by atoms with Crippen LogP contribution in [0, 0.1) is 5.82 Å². The third-order valence-electron chi connectivity index (χ3n) is 6.45. The van der Waals surface area contributed by atoms with Crippen LogP contribution >= 0.6 is 11.6 Å². The first-order chi connectivity index (χ1) is 17.4. The van der Waals surface area contributed by atoms with E-state index in [2.05, 4.69) is 25.9 Å². The number of nitrogens with one attached hydrogen (secondary N) is 3. The van der Waals surface area contributed by atoms with Crippen LogP contribution in [-0.2, 0) is 4.79 Å². The number of fused-ring (bicyclic) bond motifs is 1. The van der Waals surface area contributed by atoms with Crippen molar-refractivity contribution in [3.8, 4) is 11.5 Å². The van der Waals surface area contributed by atoms with E-state index in [0.29, 0.717) is 67.0 Å². The summed E-state index contributed by atoms with van der Waals surface area (Å²) in [6.07, 6.45) is 3.18. The van der Waals surface area contributed by atoms with E-state index >= 15 is 0 Å². The molecule has 9 nitrogen and oxygen atoms in total. The molecule has 0 amide bonds. The third kappa shape index (κ3) is 5.45. The zero-order valence-corrected chi connectivity index (χ0v) is 20.9. The van der Waals surface area contributed by atoms with E-state index in [4.69, 9.17) is 21.1 Å². The van der Waals surface area contributed by atoms with Crippen molar-refractivity contribution in [2.75, 3.05) is 32.6 Å². The van der Waals surface area contributed by atoms with Crippen LogP contribution in [0.15, 0.2) is 36.7 Å². The number of aromatic nitrogens is 2. The Morgan fingerprint density at radius 3 is 2.69 bits per heavy atom. The predicted octanol–water partition coefficient (Wildman–Crippen LogP) is 4.13. The quantitative estimate of drug-likeness (QED) is 0.294. The van der Waals surface area contributed by atoms with Crippen LogP contribution < -0.4 is 25.4 Å². The number of nitrogens with zero attached hydrogens (tertiary/aromatic N) is 2. The molecule has 3 aromatic rings. The first kappa shape index (κ1) is 25.9. The van der Waals surface area contributed by atoms with Crippen LogP contribution in [0.4, 0.5) is 15.9 Å². The lowest BCUT2D eigenvalue weighted by molar-refractivity contribution is -0.147. The van der Waals surface area contributed by atoms with Crippen LogP contribution in [0.5, 0.6) is 11.5 Å². The summed E-state index contributed by atoms with van der Waals surface area (Å²) in [5, 5.41) is 19.7. The Hall–Kier alpha value is -3.21. The van der Waals surface area contributed by atoms with Crippen LogP contribution in [-0.4, -0.2) is 59.9 Å². The van der Waals surface area contributed by atoms with Gasteiger partial charge in [0, 0.05) is 24.5 Å². The number of ether oxygens (including phenoxy) is 2. The van der Waals surface area contributed by atoms with Gasteiger partial charge in [0.05, 0.1) is 29.4 Å². The van der Waals surface area contributed by atoms with Gasteiger partial charge < -0.3 is 30.5 Å². The van der Waals surface area contributed by atoms with Crippen molar-refractivity contribution in [3.63, 3.8) is 0 Å². The molecule has 0 bridgehead atoms. The molecule has 192 valence electrons. The van der Waals surface area contributed by atoms with Gasteiger partial charge in [-0.05, 0) is 50.9 Å². The number of benzene rings is 2. The number of likely N-dealkylation sites (N-methyl/N-ethyl adjacent to an activating group) is 1. The first-order valence-corrected chi connectivity index (χ1v) is 12.1. The zero-order valence-electron chi connectivity index (χ0n) is 20.1. The molecule has 1 saturated carbocycles. The molecule has 1 heterocycles. The molecule has 0 saturated heterocycles. The second-order valence-corrected chi connectivity index (χ2v) is 9.11. The second kappa shape index (κ2) is 11.2. The van der Waals surface area contributed by atoms with Crippen molar-refractivity contribution in [2.45, 2.75) is 37.3 Å². The minimum atomic E-state index is -0.962. The summed E-state index contributed by atoms with van der Waals surface area (Å²) >= 11 is 5.92. The Labute approximate surface area is 213 Å². The molecular formula is C25H29ClFN5O4. The second-order valence-electron chi connectivity index (χ2n) is 8.70. The third-order valence-corrected chi connectivity index (χ3v) is 6.74. The molecule has 0 atom stereocenters. The molecule has 0 radical (unpaired) electrons. The van der Waals surface area contributed by atoms with Gasteiger partial charge in [0.25, 0.3) is 0 Å². The summed E-state index contributed by atoms with van der Waals surface area (Å²) in [7, 11) is 3.37. The standard InChI is InChI=1S/C25H29ClFN5O4/c1-28-10-11-31-25(24(33)34)8-6-15(7-9-25)36-21-12-16-19(13-20(21)35-2)29-14-30-23(16)32-18-5-3-4-17(26)22(18)27/h3-5,12-15,28,31H,6-11H2,1-2H3,(H,33,34)(H,29,30,32). The molecule has 36 heavy (non-hydrogen) atoms. The van der Waals surface area contributed by atoms with E-state index in [1.54, 1.807) is 24.3 Å². The molecule has 11 heteroatoms. The van der Waals surface area contributed by atoms with Crippen LogP contribution in [0.1, 0.15) is 25.7 Å². The Balaban J connectivity index is 1.56. The van der Waals surface area contributed by atoms with Gasteiger partial charge in [-0.15, -0.1) is 0 Å². The number of carboxylic acids is 1. The number of carbonyl (C=O) groups is 1. The monoisotopic (exact) mass is 517 g/mol. The summed E-state index contributed by atoms with van der Waals surface area (Å²) in [6.45, 7) is 1.25. The Bertz CT molecular complexity index is 1240. The molecule has 1 aromatic heterocycles. The molecule has 1 aliphatic carbocycles. The highest BCUT2D eigenvalue weighted by Crippen LogP contribution is 2.38. The number of rotatable bonds is 10. The number of halogens is 2. The van der Waals surface area contributed by atoms with Crippen molar-refractivity contribution in [1.29, 1.82) is 0 Å². The van der Waals surface area contributed by atoms with Crippen molar-refractivity contribution < 1.29 is 23.8 Å². The average molecular weight is 518 g/mol. The fourth-order valence-electron chi connectivity index (χ4n) is 4.42. The molecule has 0 spiro atoms. The summed E-state index contributed by atoms with van der Waals surface area (Å²) < 4.78 is 26.3.